The van der Waals surface area contributed by atoms with Crippen molar-refractivity contribution in [2.24, 2.45) is 5.92 Å². The van der Waals surface area contributed by atoms with Gasteiger partial charge in [0, 0.05) is 5.69 Å². The van der Waals surface area contributed by atoms with Gasteiger partial charge >= 0.3 is 0 Å². The number of anilines is 2. The smallest absolute Gasteiger partial charge is 0.296 e. The Kier molecular flexibility index (Phi) is 8.21. The molecule has 176 valence electrons. The molecule has 0 radical (unpaired) electrons. The molecule has 0 heterocycles. The Hall–Kier alpha value is -3.20. The summed E-state index contributed by atoms with van der Waals surface area (Å²) in [4.78, 5) is 24.4. The molecule has 0 aromatic heterocycles. The van der Waals surface area contributed by atoms with Crippen molar-refractivity contribution in [2.45, 2.75) is 52.0 Å². The van der Waals surface area contributed by atoms with E-state index in [1.54, 1.807) is 6.07 Å². The summed E-state index contributed by atoms with van der Waals surface area (Å²) in [5.41, 5.74) is 2.85. The fraction of sp³-hybridized carbons (Fsp3) is 0.417. The summed E-state index contributed by atoms with van der Waals surface area (Å²) in [5.74, 6) is 0.334. The predicted molar refractivity (Wildman–Crippen MR) is 134 cm³/mol. The number of para-hydroxylation sites is 1. The van der Waals surface area contributed by atoms with E-state index in [0.29, 0.717) is 5.75 Å². The minimum absolute atomic E-state index is 0.119. The van der Waals surface area contributed by atoms with Crippen LogP contribution in [0.2, 0.25) is 0 Å². The number of rotatable bonds is 7. The van der Waals surface area contributed by atoms with E-state index in [4.69, 9.17) is 17.0 Å². The summed E-state index contributed by atoms with van der Waals surface area (Å²) < 4.78 is 5.08. The second-order valence-corrected chi connectivity index (χ2v) is 8.78. The van der Waals surface area contributed by atoms with E-state index in [0.717, 1.165) is 48.9 Å². The summed E-state index contributed by atoms with van der Waals surface area (Å²) in [7, 11) is 1.45. The van der Waals surface area contributed by atoms with Gasteiger partial charge < -0.3 is 20.7 Å². The Bertz CT molecular complexity index is 1020. The highest BCUT2D eigenvalue weighted by Crippen LogP contribution is 2.30. The topological polar surface area (TPSA) is 106 Å². The molecular formula is C24H30N4O4S. The van der Waals surface area contributed by atoms with Crippen LogP contribution in [-0.2, 0) is 4.79 Å². The van der Waals surface area contributed by atoms with E-state index >= 15 is 0 Å². The van der Waals surface area contributed by atoms with Gasteiger partial charge in [-0.05, 0) is 68.1 Å². The average Bonchev–Trinajstić information content (AvgIpc) is 2.80. The number of nitrogens with one attached hydrogen (secondary N) is 3. The van der Waals surface area contributed by atoms with Crippen molar-refractivity contribution in [3.05, 3.63) is 57.6 Å². The third kappa shape index (κ3) is 6.19. The number of methoxy groups -OCH3 is 1. The van der Waals surface area contributed by atoms with Gasteiger partial charge in [-0.1, -0.05) is 37.5 Å². The molecule has 0 spiro atoms. The first-order valence-electron chi connectivity index (χ1n) is 11.1. The number of aryl methyl sites for hydroxylation is 2. The minimum Gasteiger partial charge on any atom is -0.496 e. The number of nitro groups is 1. The molecule has 8 nitrogen and oxygen atoms in total. The molecule has 33 heavy (non-hydrogen) atoms. The van der Waals surface area contributed by atoms with E-state index in [2.05, 4.69) is 16.0 Å². The van der Waals surface area contributed by atoms with E-state index in [9.17, 15) is 14.9 Å². The van der Waals surface area contributed by atoms with Crippen molar-refractivity contribution < 1.29 is 14.5 Å². The van der Waals surface area contributed by atoms with Crippen molar-refractivity contribution in [3.63, 3.8) is 0 Å². The maximum absolute atomic E-state index is 13.4. The van der Waals surface area contributed by atoms with Crippen LogP contribution in [0.15, 0.2) is 36.4 Å². The third-order valence-electron chi connectivity index (χ3n) is 6.07. The van der Waals surface area contributed by atoms with Gasteiger partial charge in [0.05, 0.1) is 18.1 Å². The summed E-state index contributed by atoms with van der Waals surface area (Å²) in [6.45, 7) is 3.92. The zero-order chi connectivity index (χ0) is 24.0. The molecule has 0 aliphatic heterocycles. The minimum atomic E-state index is -0.554. The molecule has 0 saturated heterocycles. The molecule has 3 rings (SSSR count). The lowest BCUT2D eigenvalue weighted by Gasteiger charge is -2.31. The van der Waals surface area contributed by atoms with Crippen molar-refractivity contribution in [3.8, 4) is 5.75 Å². The van der Waals surface area contributed by atoms with E-state index in [-0.39, 0.29) is 28.3 Å². The van der Waals surface area contributed by atoms with Crippen LogP contribution in [0.25, 0.3) is 0 Å². The van der Waals surface area contributed by atoms with Gasteiger partial charge in [0.2, 0.25) is 5.91 Å². The average molecular weight is 471 g/mol. The number of thiocarbonyl (C=S) groups is 1. The first kappa shape index (κ1) is 24.4. The molecule has 1 saturated carbocycles. The number of amides is 1. The number of carbonyl (C=O) groups is 1. The van der Waals surface area contributed by atoms with Crippen LogP contribution in [0.5, 0.6) is 5.75 Å². The number of benzene rings is 2. The molecule has 0 unspecified atom stereocenters. The van der Waals surface area contributed by atoms with Crippen molar-refractivity contribution in [2.75, 3.05) is 17.7 Å². The number of nitro benzene ring substituents is 1. The standard InChI is InChI=1S/C24H30N4O4S/c1-15-8-7-9-16(2)21(15)26-23(29)22(17-10-5-4-6-11-17)27-24(33)25-19-13-12-18(32-3)14-20(19)28(30)31/h7-9,12-14,17,22H,4-6,10-11H2,1-3H3,(H,26,29)(H2,25,27,33)/t22-/m1/s1. The zero-order valence-corrected chi connectivity index (χ0v) is 20.0. The van der Waals surface area contributed by atoms with Gasteiger partial charge in [-0.3, -0.25) is 14.9 Å². The van der Waals surface area contributed by atoms with Gasteiger partial charge in [-0.25, -0.2) is 0 Å². The molecule has 1 aliphatic rings. The van der Waals surface area contributed by atoms with Gasteiger partial charge in [-0.2, -0.15) is 0 Å². The Labute approximate surface area is 199 Å². The molecule has 2 aromatic carbocycles. The molecule has 0 bridgehead atoms. The van der Waals surface area contributed by atoms with Crippen molar-refractivity contribution >= 4 is 40.3 Å². The van der Waals surface area contributed by atoms with E-state index in [1.807, 2.05) is 32.0 Å². The number of carbonyl (C=O) groups excluding carboxylic acids is 1. The zero-order valence-electron chi connectivity index (χ0n) is 19.1. The first-order chi connectivity index (χ1) is 15.8. The Morgan fingerprint density at radius 2 is 1.79 bits per heavy atom. The quantitative estimate of drug-likeness (QED) is 0.294. The Morgan fingerprint density at radius 1 is 1.12 bits per heavy atom. The molecule has 1 aliphatic carbocycles. The van der Waals surface area contributed by atoms with Gasteiger partial charge in [0.25, 0.3) is 5.69 Å². The second-order valence-electron chi connectivity index (χ2n) is 8.37. The Balaban J connectivity index is 1.80. The highest BCUT2D eigenvalue weighted by atomic mass is 32.1. The monoisotopic (exact) mass is 470 g/mol. The summed E-state index contributed by atoms with van der Waals surface area (Å²) in [5, 5.41) is 20.8. The largest absolute Gasteiger partial charge is 0.496 e. The van der Waals surface area contributed by atoms with Crippen molar-refractivity contribution in [1.82, 2.24) is 5.32 Å². The van der Waals surface area contributed by atoms with Crippen LogP contribution in [0, 0.1) is 29.9 Å². The maximum atomic E-state index is 13.4. The summed E-state index contributed by atoms with van der Waals surface area (Å²) >= 11 is 5.47. The van der Waals surface area contributed by atoms with E-state index in [1.165, 1.54) is 19.2 Å². The van der Waals surface area contributed by atoms with Crippen LogP contribution in [0.4, 0.5) is 17.1 Å². The van der Waals surface area contributed by atoms with Crippen LogP contribution in [0.1, 0.15) is 43.2 Å². The lowest BCUT2D eigenvalue weighted by Crippen LogP contribution is -2.50. The van der Waals surface area contributed by atoms with Crippen LogP contribution in [0.3, 0.4) is 0 Å². The summed E-state index contributed by atoms with van der Waals surface area (Å²) in [6.07, 6.45) is 5.11. The SMILES string of the molecule is COc1ccc(NC(=S)N[C@@H](C(=O)Nc2c(C)cccc2C)C2CCCCC2)c([N+](=O)[O-])c1. The number of ether oxygens (including phenoxy) is 1. The van der Waals surface area contributed by atoms with Gasteiger partial charge in [0.1, 0.15) is 17.5 Å². The Morgan fingerprint density at radius 3 is 2.39 bits per heavy atom. The molecule has 2 aromatic rings. The molecular weight excluding hydrogens is 440 g/mol. The number of nitrogens with zero attached hydrogens (tertiary/aromatic N) is 1. The molecule has 1 fully saturated rings. The highest BCUT2D eigenvalue weighted by molar-refractivity contribution is 7.80. The predicted octanol–water partition coefficient (Wildman–Crippen LogP) is 5.09. The fourth-order valence-electron chi connectivity index (χ4n) is 4.27. The number of hydrogen-bond donors (Lipinski definition) is 3. The fourth-order valence-corrected chi connectivity index (χ4v) is 4.51. The number of hydrogen-bond acceptors (Lipinski definition) is 5. The maximum Gasteiger partial charge on any atom is 0.296 e. The van der Waals surface area contributed by atoms with E-state index < -0.39 is 11.0 Å². The molecule has 1 amide bonds. The lowest BCUT2D eigenvalue weighted by molar-refractivity contribution is -0.384. The summed E-state index contributed by atoms with van der Waals surface area (Å²) in [6, 6.07) is 9.81. The van der Waals surface area contributed by atoms with Crippen LogP contribution >= 0.6 is 12.2 Å². The molecule has 3 N–H and O–H groups in total. The first-order valence-corrected chi connectivity index (χ1v) is 11.5. The van der Waals surface area contributed by atoms with Gasteiger partial charge in [0.15, 0.2) is 5.11 Å². The molecule has 9 heteroatoms. The lowest BCUT2D eigenvalue weighted by atomic mass is 9.83. The van der Waals surface area contributed by atoms with Crippen LogP contribution in [-0.4, -0.2) is 29.1 Å². The molecule has 1 atom stereocenters. The normalized spacial score (nSPS) is 14.8. The van der Waals surface area contributed by atoms with Crippen LogP contribution < -0.4 is 20.7 Å². The van der Waals surface area contributed by atoms with Gasteiger partial charge in [-0.15, -0.1) is 0 Å². The second kappa shape index (κ2) is 11.1. The highest BCUT2D eigenvalue weighted by Gasteiger charge is 2.31. The van der Waals surface area contributed by atoms with Crippen molar-refractivity contribution in [1.29, 1.82) is 0 Å². The third-order valence-corrected chi connectivity index (χ3v) is 6.29.